The molecule has 1 fully saturated rings. The molecule has 0 radical (unpaired) electrons. The van der Waals surface area contributed by atoms with Gasteiger partial charge in [-0.3, -0.25) is 10.1 Å². The summed E-state index contributed by atoms with van der Waals surface area (Å²) in [5.74, 6) is -0.594. The topological polar surface area (TPSA) is 99.9 Å². The molecule has 1 saturated carbocycles. The summed E-state index contributed by atoms with van der Waals surface area (Å²) in [6, 6.07) is 2.67. The molecule has 1 aliphatic carbocycles. The normalized spacial score (nSPS) is 13.5. The zero-order chi connectivity index (χ0) is 16.1. The minimum Gasteiger partial charge on any atom is -0.490 e. The van der Waals surface area contributed by atoms with Crippen LogP contribution in [-0.2, 0) is 9.47 Å². The molecule has 0 atom stereocenters. The van der Waals surface area contributed by atoms with Crippen LogP contribution in [0.25, 0.3) is 0 Å². The predicted octanol–water partition coefficient (Wildman–Crippen LogP) is 1.98. The maximum atomic E-state index is 11.6. The van der Waals surface area contributed by atoms with Crippen molar-refractivity contribution in [3.05, 3.63) is 27.8 Å². The molecule has 120 valence electrons. The molecule has 0 heterocycles. The van der Waals surface area contributed by atoms with Crippen molar-refractivity contribution >= 4 is 17.3 Å². The summed E-state index contributed by atoms with van der Waals surface area (Å²) < 4.78 is 15.1. The van der Waals surface area contributed by atoms with Crippen molar-refractivity contribution in [1.29, 1.82) is 0 Å². The summed E-state index contributed by atoms with van der Waals surface area (Å²) in [6.07, 6.45) is 2.44. The molecule has 0 unspecified atom stereocenters. The van der Waals surface area contributed by atoms with E-state index in [0.717, 1.165) is 12.8 Å². The monoisotopic (exact) mass is 310 g/mol. The molecule has 2 rings (SSSR count). The minimum atomic E-state index is -0.592. The zero-order valence-electron chi connectivity index (χ0n) is 12.5. The third-order valence-electron chi connectivity index (χ3n) is 3.19. The Balaban J connectivity index is 2.21. The molecular weight excluding hydrogens is 292 g/mol. The third kappa shape index (κ3) is 3.85. The smallest absolute Gasteiger partial charge is 0.338 e. The van der Waals surface area contributed by atoms with Gasteiger partial charge in [0.15, 0.2) is 5.75 Å². The van der Waals surface area contributed by atoms with Gasteiger partial charge in [0, 0.05) is 12.6 Å². The Morgan fingerprint density at radius 1 is 1.41 bits per heavy atom. The highest BCUT2D eigenvalue weighted by Gasteiger charge is 2.25. The van der Waals surface area contributed by atoms with Crippen molar-refractivity contribution in [1.82, 2.24) is 0 Å². The highest BCUT2D eigenvalue weighted by Crippen LogP contribution is 2.36. The lowest BCUT2D eigenvalue weighted by Gasteiger charge is -2.11. The highest BCUT2D eigenvalue weighted by molar-refractivity contribution is 5.93. The van der Waals surface area contributed by atoms with Crippen molar-refractivity contribution in [2.24, 2.45) is 0 Å². The number of anilines is 1. The van der Waals surface area contributed by atoms with Gasteiger partial charge in [-0.1, -0.05) is 0 Å². The van der Waals surface area contributed by atoms with E-state index in [9.17, 15) is 14.9 Å². The first kappa shape index (κ1) is 16.0. The van der Waals surface area contributed by atoms with Crippen LogP contribution in [0.4, 0.5) is 11.4 Å². The van der Waals surface area contributed by atoms with Gasteiger partial charge >= 0.3 is 11.7 Å². The average Bonchev–Trinajstić information content (AvgIpc) is 3.33. The van der Waals surface area contributed by atoms with E-state index in [1.165, 1.54) is 26.4 Å². The number of nitro groups is 1. The Labute approximate surface area is 127 Å². The van der Waals surface area contributed by atoms with Gasteiger partial charge in [-0.15, -0.1) is 0 Å². The molecule has 1 aromatic rings. The first-order valence-electron chi connectivity index (χ1n) is 6.87. The van der Waals surface area contributed by atoms with E-state index in [1.807, 2.05) is 0 Å². The number of nitro benzene ring substituents is 1. The van der Waals surface area contributed by atoms with E-state index in [2.05, 4.69) is 10.1 Å². The number of nitrogens with zero attached hydrogens (tertiary/aromatic N) is 1. The number of hydrogen-bond acceptors (Lipinski definition) is 7. The standard InChI is InChI=1S/C14H18N2O6/c1-20-12-8-9(14(17)21-2)7-11(13(12)16(18)19)15-5-6-22-10-3-4-10/h7-8,10,15H,3-6H2,1-2H3. The zero-order valence-corrected chi connectivity index (χ0v) is 12.5. The molecule has 0 aromatic heterocycles. The quantitative estimate of drug-likeness (QED) is 0.339. The van der Waals surface area contributed by atoms with Gasteiger partial charge < -0.3 is 19.5 Å². The van der Waals surface area contributed by atoms with Gasteiger partial charge in [-0.05, 0) is 18.9 Å². The summed E-state index contributed by atoms with van der Waals surface area (Å²) >= 11 is 0. The lowest BCUT2D eigenvalue weighted by Crippen LogP contribution is -2.13. The number of ether oxygens (including phenoxy) is 3. The molecule has 1 aliphatic rings. The highest BCUT2D eigenvalue weighted by atomic mass is 16.6. The number of nitrogens with one attached hydrogen (secondary N) is 1. The number of rotatable bonds is 8. The summed E-state index contributed by atoms with van der Waals surface area (Å²) in [4.78, 5) is 22.3. The maximum absolute atomic E-state index is 11.6. The van der Waals surface area contributed by atoms with Crippen LogP contribution in [0, 0.1) is 10.1 Å². The molecule has 22 heavy (non-hydrogen) atoms. The Morgan fingerprint density at radius 2 is 2.14 bits per heavy atom. The summed E-state index contributed by atoms with van der Waals surface area (Å²) in [5, 5.41) is 14.2. The molecule has 8 heteroatoms. The van der Waals surface area contributed by atoms with Crippen LogP contribution in [0.3, 0.4) is 0 Å². The number of carbonyl (C=O) groups excluding carboxylic acids is 1. The van der Waals surface area contributed by atoms with Gasteiger partial charge in [-0.2, -0.15) is 0 Å². The Bertz CT molecular complexity index is 571. The number of carbonyl (C=O) groups is 1. The first-order chi connectivity index (χ1) is 10.6. The first-order valence-corrected chi connectivity index (χ1v) is 6.87. The Hall–Kier alpha value is -2.35. The molecule has 0 saturated heterocycles. The van der Waals surface area contributed by atoms with Crippen LogP contribution in [0.5, 0.6) is 5.75 Å². The van der Waals surface area contributed by atoms with Crippen LogP contribution < -0.4 is 10.1 Å². The lowest BCUT2D eigenvalue weighted by molar-refractivity contribution is -0.384. The number of hydrogen-bond donors (Lipinski definition) is 1. The summed E-state index contributed by atoms with van der Waals surface area (Å²) in [6.45, 7) is 0.831. The SMILES string of the molecule is COC(=O)c1cc(NCCOC2CC2)c([N+](=O)[O-])c(OC)c1. The van der Waals surface area contributed by atoms with Crippen molar-refractivity contribution in [3.8, 4) is 5.75 Å². The van der Waals surface area contributed by atoms with Crippen molar-refractivity contribution in [2.45, 2.75) is 18.9 Å². The second-order valence-electron chi connectivity index (χ2n) is 4.82. The molecule has 0 amide bonds. The van der Waals surface area contributed by atoms with E-state index < -0.39 is 10.9 Å². The van der Waals surface area contributed by atoms with E-state index in [1.54, 1.807) is 0 Å². The van der Waals surface area contributed by atoms with Crippen molar-refractivity contribution < 1.29 is 23.9 Å². The third-order valence-corrected chi connectivity index (χ3v) is 3.19. The van der Waals surface area contributed by atoms with Gasteiger partial charge in [-0.25, -0.2) is 4.79 Å². The molecule has 8 nitrogen and oxygen atoms in total. The number of benzene rings is 1. The van der Waals surface area contributed by atoms with Gasteiger partial charge in [0.1, 0.15) is 5.69 Å². The van der Waals surface area contributed by atoms with Crippen LogP contribution in [0.2, 0.25) is 0 Å². The van der Waals surface area contributed by atoms with E-state index in [0.29, 0.717) is 19.3 Å². The van der Waals surface area contributed by atoms with Crippen LogP contribution in [0.1, 0.15) is 23.2 Å². The summed E-state index contributed by atoms with van der Waals surface area (Å²) in [5.41, 5.74) is 0.154. The Kier molecular flexibility index (Phi) is 5.16. The van der Waals surface area contributed by atoms with Crippen LogP contribution >= 0.6 is 0 Å². The Morgan fingerprint density at radius 3 is 2.68 bits per heavy atom. The molecule has 1 N–H and O–H groups in total. The summed E-state index contributed by atoms with van der Waals surface area (Å²) in [7, 11) is 2.55. The average molecular weight is 310 g/mol. The fraction of sp³-hybridized carbons (Fsp3) is 0.500. The van der Waals surface area contributed by atoms with Crippen molar-refractivity contribution in [2.75, 3.05) is 32.7 Å². The van der Waals surface area contributed by atoms with Crippen LogP contribution in [0.15, 0.2) is 12.1 Å². The molecule has 1 aromatic carbocycles. The van der Waals surface area contributed by atoms with Crippen molar-refractivity contribution in [3.63, 3.8) is 0 Å². The van der Waals surface area contributed by atoms with Gasteiger partial charge in [0.25, 0.3) is 0 Å². The maximum Gasteiger partial charge on any atom is 0.338 e. The second kappa shape index (κ2) is 7.08. The van der Waals surface area contributed by atoms with E-state index in [-0.39, 0.29) is 22.7 Å². The number of esters is 1. The fourth-order valence-corrected chi connectivity index (χ4v) is 1.97. The predicted molar refractivity (Wildman–Crippen MR) is 78.5 cm³/mol. The number of methoxy groups -OCH3 is 2. The van der Waals surface area contributed by atoms with Crippen LogP contribution in [-0.4, -0.2) is 44.4 Å². The van der Waals surface area contributed by atoms with Gasteiger partial charge in [0.2, 0.25) is 0 Å². The largest absolute Gasteiger partial charge is 0.490 e. The van der Waals surface area contributed by atoms with Gasteiger partial charge in [0.05, 0.1) is 37.4 Å². The molecule has 0 spiro atoms. The lowest BCUT2D eigenvalue weighted by atomic mass is 10.1. The second-order valence-corrected chi connectivity index (χ2v) is 4.82. The fourth-order valence-electron chi connectivity index (χ4n) is 1.97. The van der Waals surface area contributed by atoms with E-state index >= 15 is 0 Å². The molecule has 0 bridgehead atoms. The molecule has 0 aliphatic heterocycles. The minimum absolute atomic E-state index is 0.00138. The molecular formula is C14H18N2O6. The van der Waals surface area contributed by atoms with E-state index in [4.69, 9.17) is 9.47 Å².